The number of unbranched alkanes of at least 4 members (excludes halogenated alkanes) is 1. The predicted octanol–water partition coefficient (Wildman–Crippen LogP) is 0.237. The molecule has 0 spiro atoms. The summed E-state index contributed by atoms with van der Waals surface area (Å²) >= 11 is 0. The molecule has 1 saturated heterocycles. The lowest BCUT2D eigenvalue weighted by molar-refractivity contribution is -0.136. The van der Waals surface area contributed by atoms with Crippen molar-refractivity contribution in [2.24, 2.45) is 11.5 Å². The van der Waals surface area contributed by atoms with Crippen LogP contribution in [0.5, 0.6) is 0 Å². The second kappa shape index (κ2) is 33.2. The summed E-state index contributed by atoms with van der Waals surface area (Å²) in [7, 11) is 2.06. The topological polar surface area (TPSA) is 341 Å². The number of aromatic amines is 1. The Balaban J connectivity index is 0.00000238. The molecule has 0 bridgehead atoms. The second-order valence-electron chi connectivity index (χ2n) is 18.3. The zero-order valence-electron chi connectivity index (χ0n) is 43.5. The number of carbonyl (C=O) groups is 7. The summed E-state index contributed by atoms with van der Waals surface area (Å²) in [6, 6.07) is 14.6. The zero-order chi connectivity index (χ0) is 55.6. The van der Waals surface area contributed by atoms with Gasteiger partial charge in [0.1, 0.15) is 36.3 Å². The number of benzene rings is 3. The van der Waals surface area contributed by atoms with Crippen LogP contribution in [0.15, 0.2) is 91.1 Å². The molecule has 1 aromatic heterocycles. The van der Waals surface area contributed by atoms with Gasteiger partial charge in [0.15, 0.2) is 0 Å². The van der Waals surface area contributed by atoms with Gasteiger partial charge in [-0.25, -0.2) is 0 Å². The minimum atomic E-state index is -1.66. The van der Waals surface area contributed by atoms with E-state index in [1.807, 2.05) is 44.2 Å². The van der Waals surface area contributed by atoms with E-state index in [-0.39, 0.29) is 43.7 Å². The van der Waals surface area contributed by atoms with E-state index in [1.54, 1.807) is 60.8 Å². The summed E-state index contributed by atoms with van der Waals surface area (Å²) in [5.74, 6) is -6.01. The number of hydrogen-bond donors (Lipinski definition) is 13. The molecular formula is C53H76N10O11S2. The van der Waals surface area contributed by atoms with Crippen molar-refractivity contribution in [1.82, 2.24) is 42.2 Å². The standard InChI is InChI=1S/C49H66N10O10S2.C4H10O/c1-28(61)39(25-60)56-48(68)41-27-71-70-26-40(57-43(63)34(51)21-30-13-5-3-6-14-30)47(67)54-37(22-31-15-7-4-8-16-31)45(65)55-38(23-32-24-52-35-18-10-9-17-33(32)35)46(66)53-36(19-11-12-20-50)44(64)59-42(29(2)62)49(69)58-41;1-3-5-4-2/h3-10,13-18,24,28-29,34,36-42,52,60-62H,11-12,19-23,25-27,50-51H2,1-2H3,(H,53,66)(H,54,67)(H,55,65)(H,56,68)(H,57,63)(H,58,69)(H,59,64);3-4H2,1-2H3/t28-,29?,34-,36+,37+,38-,39-,40+,41+,42+;/m1./s1. The maximum atomic E-state index is 14.7. The van der Waals surface area contributed by atoms with Crippen LogP contribution >= 0.6 is 21.6 Å². The molecule has 10 atom stereocenters. The number of amides is 7. The molecule has 0 aliphatic carbocycles. The van der Waals surface area contributed by atoms with Crippen LogP contribution in [0.25, 0.3) is 10.9 Å². The Labute approximate surface area is 451 Å². The Hall–Kier alpha value is -6.05. The number of aliphatic hydroxyl groups excluding tert-OH is 3. The quantitative estimate of drug-likeness (QED) is 0.0442. The first-order valence-corrected chi connectivity index (χ1v) is 28.0. The van der Waals surface area contributed by atoms with Crippen LogP contribution < -0.4 is 48.7 Å². The minimum absolute atomic E-state index is 0.0340. The minimum Gasteiger partial charge on any atom is -0.394 e. The predicted molar refractivity (Wildman–Crippen MR) is 294 cm³/mol. The highest BCUT2D eigenvalue weighted by atomic mass is 33.1. The van der Waals surface area contributed by atoms with Crippen molar-refractivity contribution in [2.75, 3.05) is 37.9 Å². The molecule has 1 aliphatic heterocycles. The summed E-state index contributed by atoms with van der Waals surface area (Å²) < 4.78 is 4.83. The third kappa shape index (κ3) is 20.5. The van der Waals surface area contributed by atoms with Crippen LogP contribution in [0.4, 0.5) is 0 Å². The number of para-hydroxylation sites is 1. The summed E-state index contributed by atoms with van der Waals surface area (Å²) in [4.78, 5) is 103. The van der Waals surface area contributed by atoms with Crippen LogP contribution in [0.1, 0.15) is 63.6 Å². The molecule has 0 saturated carbocycles. The van der Waals surface area contributed by atoms with Gasteiger partial charge in [-0.1, -0.05) is 100 Å². The third-order valence-corrected chi connectivity index (χ3v) is 14.7. The molecule has 21 nitrogen and oxygen atoms in total. The Bertz CT molecular complexity index is 2450. The lowest BCUT2D eigenvalue weighted by Gasteiger charge is -2.29. The van der Waals surface area contributed by atoms with Gasteiger partial charge < -0.3 is 73.7 Å². The number of ether oxygens (including phenoxy) is 1. The Morgan fingerprint density at radius 1 is 0.724 bits per heavy atom. The normalized spacial score (nSPS) is 21.9. The summed E-state index contributed by atoms with van der Waals surface area (Å²) in [6.07, 6.45) is -0.156. The molecular weight excluding hydrogens is 1020 g/mol. The number of fused-ring (bicyclic) bond motifs is 1. The second-order valence-corrected chi connectivity index (χ2v) is 20.8. The molecule has 1 unspecified atom stereocenters. The number of H-pyrrole nitrogens is 1. The average molecular weight is 1090 g/mol. The Kier molecular flexibility index (Phi) is 27.3. The number of carbonyl (C=O) groups excluding carboxylic acids is 7. The number of aliphatic hydroxyl groups is 3. The summed E-state index contributed by atoms with van der Waals surface area (Å²) in [5, 5.41) is 50.5. The largest absolute Gasteiger partial charge is 0.394 e. The highest BCUT2D eigenvalue weighted by molar-refractivity contribution is 8.76. The first-order valence-electron chi connectivity index (χ1n) is 25.5. The molecule has 0 radical (unpaired) electrons. The molecule has 7 amide bonds. The Morgan fingerprint density at radius 2 is 1.30 bits per heavy atom. The van der Waals surface area contributed by atoms with Gasteiger partial charge in [-0.15, -0.1) is 0 Å². The van der Waals surface area contributed by atoms with Crippen LogP contribution in [-0.4, -0.2) is 160 Å². The highest BCUT2D eigenvalue weighted by Crippen LogP contribution is 2.24. The van der Waals surface area contributed by atoms with Gasteiger partial charge >= 0.3 is 0 Å². The van der Waals surface area contributed by atoms with Crippen LogP contribution in [0, 0.1) is 0 Å². The van der Waals surface area contributed by atoms with E-state index in [9.17, 15) is 48.9 Å². The van der Waals surface area contributed by atoms with Gasteiger partial charge in [-0.05, 0) is 82.7 Å². The zero-order valence-corrected chi connectivity index (χ0v) is 45.1. The number of rotatable bonds is 19. The van der Waals surface area contributed by atoms with Gasteiger partial charge in [0.25, 0.3) is 0 Å². The highest BCUT2D eigenvalue weighted by Gasteiger charge is 2.36. The molecule has 2 heterocycles. The monoisotopic (exact) mass is 1090 g/mol. The van der Waals surface area contributed by atoms with E-state index in [0.717, 1.165) is 51.3 Å². The van der Waals surface area contributed by atoms with Crippen LogP contribution in [0.2, 0.25) is 0 Å². The number of nitrogens with one attached hydrogen (secondary N) is 8. The molecule has 23 heteroatoms. The number of aromatic nitrogens is 1. The van der Waals surface area contributed by atoms with E-state index in [2.05, 4.69) is 42.2 Å². The van der Waals surface area contributed by atoms with E-state index >= 15 is 0 Å². The van der Waals surface area contributed by atoms with Crippen molar-refractivity contribution < 1.29 is 53.6 Å². The number of hydrogen-bond acceptors (Lipinski definition) is 15. The summed E-state index contributed by atoms with van der Waals surface area (Å²) in [6.45, 7) is 7.89. The SMILES string of the molecule is CC(O)[C@@H]1NC(=O)[C@H](CCCCN)NC(=O)[C@@H](Cc2c[nH]c3ccccc23)NC(=O)[C@H](Cc2ccccc2)NC(=O)[C@@H](NC(=O)[C@H](N)Cc2ccccc2)CSSC[C@@H](C(=O)N[C@H](CO)[C@@H](C)O)NC1=O.CCOCC. The molecule has 3 aromatic carbocycles. The molecule has 5 rings (SSSR count). The molecule has 1 aliphatic rings. The van der Waals surface area contributed by atoms with E-state index in [4.69, 9.17) is 16.2 Å². The van der Waals surface area contributed by atoms with Crippen molar-refractivity contribution in [3.8, 4) is 0 Å². The fraction of sp³-hybridized carbons (Fsp3) is 0.491. The van der Waals surface area contributed by atoms with Gasteiger partial charge in [0.05, 0.1) is 30.9 Å². The lowest BCUT2D eigenvalue weighted by atomic mass is 10.0. The lowest BCUT2D eigenvalue weighted by Crippen LogP contribution is -2.62. The maximum absolute atomic E-state index is 14.7. The third-order valence-electron chi connectivity index (χ3n) is 12.3. The van der Waals surface area contributed by atoms with Gasteiger partial charge in [-0.2, -0.15) is 0 Å². The summed E-state index contributed by atoms with van der Waals surface area (Å²) in [5.41, 5.74) is 15.0. The van der Waals surface area contributed by atoms with E-state index in [1.165, 1.54) is 13.8 Å². The van der Waals surface area contributed by atoms with E-state index < -0.39 is 108 Å². The van der Waals surface area contributed by atoms with Crippen molar-refractivity contribution in [3.05, 3.63) is 108 Å². The van der Waals surface area contributed by atoms with Gasteiger partial charge in [0.2, 0.25) is 41.4 Å². The van der Waals surface area contributed by atoms with E-state index in [0.29, 0.717) is 24.0 Å². The van der Waals surface area contributed by atoms with Crippen LogP contribution in [0.3, 0.4) is 0 Å². The smallest absolute Gasteiger partial charge is 0.245 e. The fourth-order valence-electron chi connectivity index (χ4n) is 7.93. The van der Waals surface area contributed by atoms with Crippen molar-refractivity contribution in [2.45, 2.75) is 127 Å². The molecule has 4 aromatic rings. The van der Waals surface area contributed by atoms with Crippen molar-refractivity contribution in [1.29, 1.82) is 0 Å². The fourth-order valence-corrected chi connectivity index (χ4v) is 10.3. The average Bonchev–Trinajstić information content (AvgIpc) is 3.81. The maximum Gasteiger partial charge on any atom is 0.245 e. The molecule has 416 valence electrons. The van der Waals surface area contributed by atoms with Crippen molar-refractivity contribution >= 4 is 73.8 Å². The molecule has 76 heavy (non-hydrogen) atoms. The molecule has 1 fully saturated rings. The molecule has 15 N–H and O–H groups in total. The van der Waals surface area contributed by atoms with Crippen LogP contribution in [-0.2, 0) is 57.6 Å². The van der Waals surface area contributed by atoms with Gasteiger partial charge in [0, 0.05) is 54.7 Å². The Morgan fingerprint density at radius 3 is 1.91 bits per heavy atom. The van der Waals surface area contributed by atoms with Gasteiger partial charge in [-0.3, -0.25) is 33.6 Å². The first kappa shape index (κ1) is 62.5. The first-order chi connectivity index (χ1) is 36.5. The number of nitrogens with two attached hydrogens (primary N) is 2. The van der Waals surface area contributed by atoms with Crippen molar-refractivity contribution in [3.63, 3.8) is 0 Å².